The van der Waals surface area contributed by atoms with E-state index < -0.39 is 0 Å². The zero-order valence-corrected chi connectivity index (χ0v) is 19.7. The van der Waals surface area contributed by atoms with Gasteiger partial charge in [0.15, 0.2) is 0 Å². The van der Waals surface area contributed by atoms with Crippen LogP contribution in [0.15, 0.2) is 59.1 Å². The molecule has 164 valence electrons. The van der Waals surface area contributed by atoms with Crippen molar-refractivity contribution in [2.75, 3.05) is 54.5 Å². The van der Waals surface area contributed by atoms with Gasteiger partial charge in [-0.2, -0.15) is 5.26 Å². The minimum atomic E-state index is -0.310. The maximum absolute atomic E-state index is 12.8. The number of ketones is 1. The van der Waals surface area contributed by atoms with E-state index in [9.17, 15) is 10.1 Å². The lowest BCUT2D eigenvalue weighted by Gasteiger charge is -2.25. The molecule has 0 radical (unpaired) electrons. The molecular weight excluding hydrogens is 398 g/mol. The number of carbonyl (C=O) groups excluding carboxylic acids is 1. The maximum Gasteiger partial charge on any atom is 0.221 e. The van der Waals surface area contributed by atoms with E-state index in [-0.39, 0.29) is 11.4 Å². The lowest BCUT2D eigenvalue weighted by molar-refractivity contribution is -0.113. The molecule has 1 saturated heterocycles. The Labute approximate surface area is 185 Å². The average Bonchev–Trinajstić information content (AvgIpc) is 2.70. The Kier molecular flexibility index (Phi) is 11.0. The van der Waals surface area contributed by atoms with E-state index in [1.54, 1.807) is 62.3 Å². The Morgan fingerprint density at radius 1 is 1.20 bits per heavy atom. The number of nitrogens with zero attached hydrogens (tertiary/aromatic N) is 4. The standard InChI is InChI=1S/C22H33N5O2S/c1-8-20(24-30-27-9-11-29-12-10-27)18(3)13-17(2)14-21(26(6)7)22(28)19(15-23)16-25(4)5/h8,13-14,16,24H,1,9-12H2,2-7H3/b17-13+,19-16+,20-18+,21-14-. The molecule has 30 heavy (non-hydrogen) atoms. The van der Waals surface area contributed by atoms with Crippen LogP contribution in [0.1, 0.15) is 13.8 Å². The van der Waals surface area contributed by atoms with Gasteiger partial charge in [0, 0.05) is 65.3 Å². The molecule has 1 aliphatic heterocycles. The van der Waals surface area contributed by atoms with Gasteiger partial charge in [0.1, 0.15) is 11.6 Å². The fraction of sp³-hybridized carbons (Fsp3) is 0.455. The second-order valence-corrected chi connectivity index (χ2v) is 8.20. The summed E-state index contributed by atoms with van der Waals surface area (Å²) in [6, 6.07) is 1.99. The molecule has 1 heterocycles. The second-order valence-electron chi connectivity index (χ2n) is 7.30. The number of ether oxygens (including phenoxy) is 1. The number of Topliss-reactive ketones (excluding diaryl/α,β-unsaturated/α-hetero) is 1. The summed E-state index contributed by atoms with van der Waals surface area (Å²) in [5.74, 6) is -0.310. The molecule has 0 unspecified atom stereocenters. The van der Waals surface area contributed by atoms with Crippen molar-refractivity contribution in [1.82, 2.24) is 18.8 Å². The smallest absolute Gasteiger partial charge is 0.221 e. The summed E-state index contributed by atoms with van der Waals surface area (Å²) in [5, 5.41) is 9.36. The largest absolute Gasteiger partial charge is 0.382 e. The highest BCUT2D eigenvalue weighted by molar-refractivity contribution is 7.95. The van der Waals surface area contributed by atoms with Gasteiger partial charge in [0.05, 0.1) is 18.9 Å². The van der Waals surface area contributed by atoms with Gasteiger partial charge in [-0.1, -0.05) is 12.7 Å². The molecule has 0 spiro atoms. The van der Waals surface area contributed by atoms with Crippen LogP contribution in [0.25, 0.3) is 0 Å². The first-order valence-electron chi connectivity index (χ1n) is 9.69. The van der Waals surface area contributed by atoms with Gasteiger partial charge in [-0.05, 0) is 37.1 Å². The summed E-state index contributed by atoms with van der Waals surface area (Å²) >= 11 is 1.54. The molecule has 0 aromatic heterocycles. The van der Waals surface area contributed by atoms with Crippen LogP contribution in [0.5, 0.6) is 0 Å². The topological polar surface area (TPSA) is 71.8 Å². The van der Waals surface area contributed by atoms with Gasteiger partial charge < -0.3 is 19.3 Å². The van der Waals surface area contributed by atoms with Crippen molar-refractivity contribution in [2.45, 2.75) is 13.8 Å². The number of allylic oxidation sites excluding steroid dienone is 6. The van der Waals surface area contributed by atoms with Crippen LogP contribution in [-0.2, 0) is 9.53 Å². The molecular formula is C22H33N5O2S. The summed E-state index contributed by atoms with van der Waals surface area (Å²) in [6.45, 7) is 11.0. The molecule has 7 nitrogen and oxygen atoms in total. The normalized spacial score (nSPS) is 17.0. The van der Waals surface area contributed by atoms with Crippen molar-refractivity contribution in [1.29, 1.82) is 5.26 Å². The van der Waals surface area contributed by atoms with E-state index in [0.717, 1.165) is 43.1 Å². The summed E-state index contributed by atoms with van der Waals surface area (Å²) in [6.07, 6.45) is 7.10. The lowest BCUT2D eigenvalue weighted by Crippen LogP contribution is -2.33. The summed E-state index contributed by atoms with van der Waals surface area (Å²) in [7, 11) is 7.14. The Balaban J connectivity index is 3.06. The fourth-order valence-electron chi connectivity index (χ4n) is 2.64. The predicted octanol–water partition coefficient (Wildman–Crippen LogP) is 2.86. The van der Waals surface area contributed by atoms with Gasteiger partial charge in [-0.15, -0.1) is 0 Å². The van der Waals surface area contributed by atoms with Crippen LogP contribution in [0.4, 0.5) is 0 Å². The first-order chi connectivity index (χ1) is 14.2. The molecule has 0 aliphatic carbocycles. The second kappa shape index (κ2) is 13.0. The minimum absolute atomic E-state index is 0.0929. The van der Waals surface area contributed by atoms with Crippen LogP contribution < -0.4 is 4.72 Å². The summed E-state index contributed by atoms with van der Waals surface area (Å²) in [4.78, 5) is 16.2. The molecule has 1 aliphatic rings. The van der Waals surface area contributed by atoms with Crippen LogP contribution in [-0.4, -0.2) is 74.4 Å². The van der Waals surface area contributed by atoms with Crippen molar-refractivity contribution < 1.29 is 9.53 Å². The average molecular weight is 432 g/mol. The van der Waals surface area contributed by atoms with Crippen molar-refractivity contribution in [2.24, 2.45) is 0 Å². The number of hydrogen-bond donors (Lipinski definition) is 1. The zero-order chi connectivity index (χ0) is 22.7. The monoisotopic (exact) mass is 431 g/mol. The molecule has 0 aromatic rings. The molecule has 0 aromatic carbocycles. The highest BCUT2D eigenvalue weighted by Crippen LogP contribution is 2.17. The molecule has 8 heteroatoms. The van der Waals surface area contributed by atoms with Crippen molar-refractivity contribution in [3.63, 3.8) is 0 Å². The van der Waals surface area contributed by atoms with Gasteiger partial charge in [0.2, 0.25) is 5.78 Å². The fourth-order valence-corrected chi connectivity index (χ4v) is 3.45. The Morgan fingerprint density at radius 2 is 1.83 bits per heavy atom. The Morgan fingerprint density at radius 3 is 2.33 bits per heavy atom. The van der Waals surface area contributed by atoms with Crippen LogP contribution in [0.3, 0.4) is 0 Å². The quantitative estimate of drug-likeness (QED) is 0.245. The maximum atomic E-state index is 12.8. The number of likely N-dealkylation sites (N-methyl/N-ethyl adjacent to an activating group) is 1. The van der Waals surface area contributed by atoms with Crippen molar-refractivity contribution in [3.05, 3.63) is 59.1 Å². The molecule has 1 rings (SSSR count). The van der Waals surface area contributed by atoms with Crippen molar-refractivity contribution in [3.8, 4) is 6.07 Å². The number of carbonyl (C=O) groups is 1. The molecule has 0 amide bonds. The highest BCUT2D eigenvalue weighted by Gasteiger charge is 2.17. The van der Waals surface area contributed by atoms with E-state index >= 15 is 0 Å². The minimum Gasteiger partial charge on any atom is -0.382 e. The van der Waals surface area contributed by atoms with Gasteiger partial charge in [-0.25, -0.2) is 4.31 Å². The molecule has 0 bridgehead atoms. The molecule has 0 atom stereocenters. The van der Waals surface area contributed by atoms with Gasteiger partial charge in [-0.3, -0.25) is 4.79 Å². The van der Waals surface area contributed by atoms with E-state index in [1.807, 2.05) is 26.0 Å². The van der Waals surface area contributed by atoms with Crippen LogP contribution in [0.2, 0.25) is 0 Å². The summed E-state index contributed by atoms with van der Waals surface area (Å²) < 4.78 is 10.9. The number of nitriles is 1. The van der Waals surface area contributed by atoms with Crippen LogP contribution in [0, 0.1) is 11.3 Å². The zero-order valence-electron chi connectivity index (χ0n) is 18.9. The third-order valence-corrected chi connectivity index (χ3v) is 5.09. The predicted molar refractivity (Wildman–Crippen MR) is 124 cm³/mol. The third-order valence-electron chi connectivity index (χ3n) is 4.16. The van der Waals surface area contributed by atoms with Gasteiger partial charge in [0.25, 0.3) is 0 Å². The van der Waals surface area contributed by atoms with E-state index in [2.05, 4.69) is 15.6 Å². The Hall–Kier alpha value is -2.47. The first kappa shape index (κ1) is 25.6. The number of rotatable bonds is 10. The number of hydrogen-bond acceptors (Lipinski definition) is 8. The van der Waals surface area contributed by atoms with Crippen LogP contribution >= 0.6 is 12.1 Å². The van der Waals surface area contributed by atoms with E-state index in [0.29, 0.717) is 5.70 Å². The first-order valence-corrected chi connectivity index (χ1v) is 10.5. The molecule has 1 fully saturated rings. The number of nitrogens with one attached hydrogen (secondary N) is 1. The Bertz CT molecular complexity index is 782. The highest BCUT2D eigenvalue weighted by atomic mass is 32.2. The molecule has 1 N–H and O–H groups in total. The summed E-state index contributed by atoms with van der Waals surface area (Å²) in [5.41, 5.74) is 3.33. The van der Waals surface area contributed by atoms with Crippen molar-refractivity contribution >= 4 is 17.9 Å². The number of morpholine rings is 1. The SMILES string of the molecule is C=C\C(NSN1CCOCC1)=C(C)/C=C(C)/C=C(/C(=O)/C(C#N)=C/N(C)C)N(C)C. The lowest BCUT2D eigenvalue weighted by atomic mass is 10.1. The van der Waals surface area contributed by atoms with E-state index in [1.165, 1.54) is 6.20 Å². The third kappa shape index (κ3) is 8.49. The van der Waals surface area contributed by atoms with Gasteiger partial charge >= 0.3 is 0 Å². The molecule has 0 saturated carbocycles. The van der Waals surface area contributed by atoms with E-state index in [4.69, 9.17) is 4.74 Å².